The van der Waals surface area contributed by atoms with E-state index in [1.54, 1.807) is 34.9 Å². The molecule has 3 aromatic rings. The highest BCUT2D eigenvalue weighted by Gasteiger charge is 2.33. The maximum atomic E-state index is 14.6. The lowest BCUT2D eigenvalue weighted by atomic mass is 9.99. The molecule has 1 saturated heterocycles. The fraction of sp³-hybridized carbons (Fsp3) is 0.320. The molecular weight excluding hydrogens is 455 g/mol. The summed E-state index contributed by atoms with van der Waals surface area (Å²) >= 11 is 0. The second kappa shape index (κ2) is 8.38. The Labute approximate surface area is 199 Å². The van der Waals surface area contributed by atoms with E-state index in [9.17, 15) is 18.8 Å². The number of fused-ring (bicyclic) bond motifs is 1. The van der Waals surface area contributed by atoms with E-state index in [0.717, 1.165) is 5.39 Å². The van der Waals surface area contributed by atoms with Gasteiger partial charge in [0.05, 0.1) is 17.7 Å². The maximum absolute atomic E-state index is 14.6. The van der Waals surface area contributed by atoms with E-state index in [0.29, 0.717) is 60.8 Å². The van der Waals surface area contributed by atoms with Crippen LogP contribution in [0.25, 0.3) is 10.9 Å². The van der Waals surface area contributed by atoms with E-state index < -0.39 is 6.09 Å². The molecule has 3 aliphatic heterocycles. The number of amides is 2. The van der Waals surface area contributed by atoms with Crippen LogP contribution in [0.1, 0.15) is 17.9 Å². The number of benzene rings is 2. The molecule has 2 amide bonds. The summed E-state index contributed by atoms with van der Waals surface area (Å²) < 4.78 is 27.2. The molecule has 4 heterocycles. The van der Waals surface area contributed by atoms with Crippen LogP contribution in [0.4, 0.5) is 20.6 Å². The zero-order valence-corrected chi connectivity index (χ0v) is 18.8. The lowest BCUT2D eigenvalue weighted by Crippen LogP contribution is -2.29. The Morgan fingerprint density at radius 2 is 1.94 bits per heavy atom. The highest BCUT2D eigenvalue weighted by Crippen LogP contribution is 2.35. The fourth-order valence-electron chi connectivity index (χ4n) is 5.11. The number of hydrogen-bond donors (Lipinski definition) is 2. The summed E-state index contributed by atoms with van der Waals surface area (Å²) in [5.74, 6) is -0.128. The molecule has 10 heteroatoms. The number of aromatic nitrogens is 1. The Hall–Kier alpha value is -3.92. The summed E-state index contributed by atoms with van der Waals surface area (Å²) in [5, 5.41) is 6.93. The lowest BCUT2D eigenvalue weighted by molar-refractivity contribution is -0.118. The van der Waals surface area contributed by atoms with E-state index in [2.05, 4.69) is 10.6 Å². The van der Waals surface area contributed by atoms with Crippen molar-refractivity contribution in [1.29, 1.82) is 0 Å². The van der Waals surface area contributed by atoms with Gasteiger partial charge in [-0.05, 0) is 54.8 Å². The first kappa shape index (κ1) is 21.6. The Balaban J connectivity index is 1.06. The summed E-state index contributed by atoms with van der Waals surface area (Å²) in [6.07, 6.45) is -0.169. The van der Waals surface area contributed by atoms with Gasteiger partial charge in [-0.25, -0.2) is 9.18 Å². The van der Waals surface area contributed by atoms with Crippen LogP contribution in [-0.2, 0) is 16.1 Å². The fourth-order valence-corrected chi connectivity index (χ4v) is 5.11. The highest BCUT2D eigenvalue weighted by molar-refractivity contribution is 5.97. The normalized spacial score (nSPS) is 20.5. The molecule has 2 N–H and O–H groups in total. The molecule has 3 aliphatic rings. The smallest absolute Gasteiger partial charge is 0.414 e. The first-order valence-electron chi connectivity index (χ1n) is 11.6. The Bertz CT molecular complexity index is 1420. The SMILES string of the molecule is O=C1COc2ccc(N3C[C@@H](CCNCC4Cn5c(=O)ccc6ccc(F)c4c65)OC3=O)cc2N1. The van der Waals surface area contributed by atoms with Crippen molar-refractivity contribution in [2.75, 3.05) is 36.5 Å². The van der Waals surface area contributed by atoms with Gasteiger partial charge in [0, 0.05) is 36.3 Å². The molecule has 1 fully saturated rings. The molecule has 1 unspecified atom stereocenters. The maximum Gasteiger partial charge on any atom is 0.414 e. The van der Waals surface area contributed by atoms with Gasteiger partial charge in [-0.3, -0.25) is 14.5 Å². The van der Waals surface area contributed by atoms with E-state index in [1.165, 1.54) is 17.0 Å². The van der Waals surface area contributed by atoms with Gasteiger partial charge in [-0.2, -0.15) is 0 Å². The summed E-state index contributed by atoms with van der Waals surface area (Å²) in [6.45, 7) is 1.86. The standard InChI is InChI=1S/C25H23FN4O5/c26-18-4-1-14-2-6-22(32)30-11-15(23(18)24(14)30)10-27-8-7-17-12-29(25(33)35-17)16-3-5-20-19(9-16)28-21(31)13-34-20/h1-6,9,15,17,27H,7-8,10-13H2,(H,28,31)/t15?,17-/m1/s1. The van der Waals surface area contributed by atoms with Gasteiger partial charge in [-0.1, -0.05) is 0 Å². The van der Waals surface area contributed by atoms with Gasteiger partial charge in [0.2, 0.25) is 0 Å². The van der Waals surface area contributed by atoms with Gasteiger partial charge < -0.3 is 24.7 Å². The topological polar surface area (TPSA) is 102 Å². The lowest BCUT2D eigenvalue weighted by Gasteiger charge is -2.20. The number of nitrogens with one attached hydrogen (secondary N) is 2. The van der Waals surface area contributed by atoms with Gasteiger partial charge >= 0.3 is 6.09 Å². The van der Waals surface area contributed by atoms with Gasteiger partial charge in [0.1, 0.15) is 17.7 Å². The molecule has 0 bridgehead atoms. The van der Waals surface area contributed by atoms with E-state index in [1.807, 2.05) is 0 Å². The Kier molecular flexibility index (Phi) is 5.18. The van der Waals surface area contributed by atoms with Crippen molar-refractivity contribution < 1.29 is 23.5 Å². The molecule has 180 valence electrons. The summed E-state index contributed by atoms with van der Waals surface area (Å²) in [5.41, 5.74) is 2.27. The van der Waals surface area contributed by atoms with E-state index >= 15 is 0 Å². The van der Waals surface area contributed by atoms with Crippen LogP contribution in [0.5, 0.6) is 5.75 Å². The predicted octanol–water partition coefficient (Wildman–Crippen LogP) is 2.57. The zero-order chi connectivity index (χ0) is 24.1. The largest absolute Gasteiger partial charge is 0.482 e. The van der Waals surface area contributed by atoms with E-state index in [-0.39, 0.29) is 35.9 Å². The average Bonchev–Trinajstić information content (AvgIpc) is 3.42. The van der Waals surface area contributed by atoms with Crippen molar-refractivity contribution in [1.82, 2.24) is 9.88 Å². The number of carbonyl (C=O) groups is 2. The van der Waals surface area contributed by atoms with Gasteiger partial charge in [-0.15, -0.1) is 0 Å². The number of hydrogen-bond acceptors (Lipinski definition) is 6. The minimum atomic E-state index is -0.447. The number of pyridine rings is 1. The van der Waals surface area contributed by atoms with Crippen LogP contribution in [0.2, 0.25) is 0 Å². The molecule has 2 aromatic carbocycles. The number of anilines is 2. The molecule has 2 atom stereocenters. The molecule has 1 aromatic heterocycles. The third kappa shape index (κ3) is 3.79. The average molecular weight is 478 g/mol. The van der Waals surface area contributed by atoms with Crippen molar-refractivity contribution in [2.24, 2.45) is 0 Å². The number of nitrogens with zero attached hydrogens (tertiary/aromatic N) is 2. The molecule has 0 spiro atoms. The molecule has 35 heavy (non-hydrogen) atoms. The van der Waals surface area contributed by atoms with Crippen molar-refractivity contribution in [3.63, 3.8) is 0 Å². The summed E-state index contributed by atoms with van der Waals surface area (Å²) in [4.78, 5) is 37.8. The Morgan fingerprint density at radius 1 is 1.09 bits per heavy atom. The van der Waals surface area contributed by atoms with E-state index in [4.69, 9.17) is 9.47 Å². The zero-order valence-electron chi connectivity index (χ0n) is 18.8. The van der Waals surface area contributed by atoms with Crippen molar-refractivity contribution in [3.8, 4) is 5.75 Å². The first-order chi connectivity index (χ1) is 17.0. The summed E-state index contributed by atoms with van der Waals surface area (Å²) in [7, 11) is 0. The number of cyclic esters (lactones) is 1. The monoisotopic (exact) mass is 478 g/mol. The predicted molar refractivity (Wildman–Crippen MR) is 127 cm³/mol. The number of carbonyl (C=O) groups excluding carboxylic acids is 2. The number of ether oxygens (including phenoxy) is 2. The molecule has 0 saturated carbocycles. The summed E-state index contributed by atoms with van der Waals surface area (Å²) in [6, 6.07) is 11.6. The van der Waals surface area contributed by atoms with Crippen molar-refractivity contribution >= 4 is 34.3 Å². The second-order valence-corrected chi connectivity index (χ2v) is 9.00. The van der Waals surface area contributed by atoms with Crippen LogP contribution in [0, 0.1) is 5.82 Å². The van der Waals surface area contributed by atoms with Crippen LogP contribution in [0.3, 0.4) is 0 Å². The van der Waals surface area contributed by atoms with Crippen LogP contribution >= 0.6 is 0 Å². The second-order valence-electron chi connectivity index (χ2n) is 9.00. The Morgan fingerprint density at radius 3 is 2.83 bits per heavy atom. The van der Waals surface area contributed by atoms with Gasteiger partial charge in [0.15, 0.2) is 6.61 Å². The third-order valence-corrected chi connectivity index (χ3v) is 6.76. The first-order valence-corrected chi connectivity index (χ1v) is 11.6. The molecule has 9 nitrogen and oxygen atoms in total. The molecule has 0 aliphatic carbocycles. The minimum Gasteiger partial charge on any atom is -0.482 e. The number of rotatable bonds is 6. The number of halogens is 1. The van der Waals surface area contributed by atoms with Crippen LogP contribution in [0.15, 0.2) is 47.3 Å². The van der Waals surface area contributed by atoms with Gasteiger partial charge in [0.25, 0.3) is 11.5 Å². The van der Waals surface area contributed by atoms with Crippen molar-refractivity contribution in [3.05, 3.63) is 64.2 Å². The van der Waals surface area contributed by atoms with Crippen LogP contribution in [-0.4, -0.2) is 48.9 Å². The highest BCUT2D eigenvalue weighted by atomic mass is 19.1. The molecular formula is C25H23FN4O5. The van der Waals surface area contributed by atoms with Crippen molar-refractivity contribution in [2.45, 2.75) is 25.0 Å². The minimum absolute atomic E-state index is 0.0291. The van der Waals surface area contributed by atoms with Crippen LogP contribution < -0.4 is 25.8 Å². The quantitative estimate of drug-likeness (QED) is 0.528. The molecule has 0 radical (unpaired) electrons. The molecule has 6 rings (SSSR count). The third-order valence-electron chi connectivity index (χ3n) is 6.76.